The Kier molecular flexibility index (Phi) is 4.96. The first-order valence-corrected chi connectivity index (χ1v) is 10.1. The van der Waals surface area contributed by atoms with Gasteiger partial charge < -0.3 is 10.2 Å². The summed E-state index contributed by atoms with van der Waals surface area (Å²) in [6, 6.07) is 3.76. The van der Waals surface area contributed by atoms with Crippen LogP contribution in [-0.4, -0.2) is 40.8 Å². The fraction of sp³-hybridized carbons (Fsp3) is 0.667. The maximum atomic E-state index is 12.6. The van der Waals surface area contributed by atoms with Gasteiger partial charge in [-0.3, -0.25) is 14.6 Å². The normalized spacial score (nSPS) is 25.1. The number of carbonyl (C=O) groups is 2. The van der Waals surface area contributed by atoms with Crippen molar-refractivity contribution >= 4 is 11.8 Å². The van der Waals surface area contributed by atoms with Crippen LogP contribution in [-0.2, 0) is 4.79 Å². The number of likely N-dealkylation sites (tertiary alicyclic amines) is 1. The van der Waals surface area contributed by atoms with Crippen molar-refractivity contribution < 1.29 is 9.59 Å². The quantitative estimate of drug-likeness (QED) is 0.902. The molecule has 2 amide bonds. The van der Waals surface area contributed by atoms with Crippen LogP contribution in [0.4, 0.5) is 0 Å². The number of amides is 2. The van der Waals surface area contributed by atoms with Crippen molar-refractivity contribution in [1.29, 1.82) is 0 Å². The van der Waals surface area contributed by atoms with Gasteiger partial charge in [0.15, 0.2) is 0 Å². The Morgan fingerprint density at radius 3 is 2.50 bits per heavy atom. The van der Waals surface area contributed by atoms with Crippen LogP contribution < -0.4 is 5.32 Å². The van der Waals surface area contributed by atoms with E-state index >= 15 is 0 Å². The van der Waals surface area contributed by atoms with Crippen molar-refractivity contribution in [2.24, 2.45) is 11.3 Å². The Morgan fingerprint density at radius 2 is 1.81 bits per heavy atom. The second-order valence-corrected chi connectivity index (χ2v) is 8.42. The Labute approximate surface area is 155 Å². The molecular formula is C21H29N3O2. The molecule has 1 spiro atoms. The molecule has 1 aliphatic heterocycles. The molecule has 3 aliphatic rings. The number of nitrogens with one attached hydrogen (secondary N) is 1. The molecule has 2 heterocycles. The predicted molar refractivity (Wildman–Crippen MR) is 99.5 cm³/mol. The van der Waals surface area contributed by atoms with Gasteiger partial charge in [0.2, 0.25) is 5.91 Å². The zero-order valence-corrected chi connectivity index (χ0v) is 15.5. The Morgan fingerprint density at radius 1 is 1.12 bits per heavy atom. The summed E-state index contributed by atoms with van der Waals surface area (Å²) in [7, 11) is 0. The van der Waals surface area contributed by atoms with E-state index in [9.17, 15) is 9.59 Å². The zero-order valence-electron chi connectivity index (χ0n) is 15.5. The summed E-state index contributed by atoms with van der Waals surface area (Å²) in [6.45, 7) is 1.71. The van der Waals surface area contributed by atoms with Gasteiger partial charge >= 0.3 is 0 Å². The van der Waals surface area contributed by atoms with E-state index in [4.69, 9.17) is 0 Å². The molecule has 26 heavy (non-hydrogen) atoms. The van der Waals surface area contributed by atoms with Crippen LogP contribution in [0, 0.1) is 11.3 Å². The van der Waals surface area contributed by atoms with Crippen LogP contribution in [0.5, 0.6) is 0 Å². The van der Waals surface area contributed by atoms with Crippen LogP contribution in [0.3, 0.4) is 0 Å². The maximum absolute atomic E-state index is 12.6. The zero-order chi connectivity index (χ0) is 18.0. The van der Waals surface area contributed by atoms with Gasteiger partial charge in [-0.2, -0.15) is 0 Å². The van der Waals surface area contributed by atoms with Crippen molar-refractivity contribution in [3.8, 4) is 0 Å². The van der Waals surface area contributed by atoms with Gasteiger partial charge in [0, 0.05) is 43.5 Å². The van der Waals surface area contributed by atoms with Crippen molar-refractivity contribution in [2.45, 2.75) is 63.8 Å². The molecule has 1 unspecified atom stereocenters. The predicted octanol–water partition coefficient (Wildman–Crippen LogP) is 3.16. The molecule has 1 aromatic heterocycles. The molecule has 1 saturated heterocycles. The molecule has 1 aromatic rings. The van der Waals surface area contributed by atoms with Gasteiger partial charge in [0.05, 0.1) is 0 Å². The number of carbonyl (C=O) groups excluding carboxylic acids is 2. The monoisotopic (exact) mass is 355 g/mol. The summed E-state index contributed by atoms with van der Waals surface area (Å²) >= 11 is 0. The van der Waals surface area contributed by atoms with E-state index in [1.165, 1.54) is 32.1 Å². The number of hydrogen-bond donors (Lipinski definition) is 1. The molecule has 3 fully saturated rings. The molecule has 2 saturated carbocycles. The van der Waals surface area contributed by atoms with Crippen LogP contribution in [0.25, 0.3) is 0 Å². The summed E-state index contributed by atoms with van der Waals surface area (Å²) in [5.41, 5.74) is 0.895. The van der Waals surface area contributed by atoms with Gasteiger partial charge in [-0.1, -0.05) is 19.3 Å². The highest BCUT2D eigenvalue weighted by Crippen LogP contribution is 2.54. The average Bonchev–Trinajstić information content (AvgIpc) is 3.34. The second-order valence-electron chi connectivity index (χ2n) is 8.42. The molecule has 4 rings (SSSR count). The third kappa shape index (κ3) is 3.76. The highest BCUT2D eigenvalue weighted by molar-refractivity contribution is 5.94. The molecule has 0 aromatic carbocycles. The second kappa shape index (κ2) is 7.37. The van der Waals surface area contributed by atoms with Crippen LogP contribution in [0.2, 0.25) is 0 Å². The number of rotatable bonds is 4. The minimum atomic E-state index is -0.00919. The first-order chi connectivity index (χ1) is 12.7. The maximum Gasteiger partial charge on any atom is 0.251 e. The fourth-order valence-corrected chi connectivity index (χ4v) is 4.82. The lowest BCUT2D eigenvalue weighted by molar-refractivity contribution is -0.134. The molecule has 140 valence electrons. The Bertz CT molecular complexity index is 646. The van der Waals surface area contributed by atoms with Crippen molar-refractivity contribution in [2.75, 3.05) is 13.1 Å². The smallest absolute Gasteiger partial charge is 0.251 e. The summed E-state index contributed by atoms with van der Waals surface area (Å²) in [5, 5.41) is 3.17. The summed E-state index contributed by atoms with van der Waals surface area (Å²) in [6.07, 6.45) is 13.5. The lowest BCUT2D eigenvalue weighted by Gasteiger charge is -2.34. The van der Waals surface area contributed by atoms with E-state index in [-0.39, 0.29) is 17.4 Å². The van der Waals surface area contributed by atoms with E-state index < -0.39 is 0 Å². The summed E-state index contributed by atoms with van der Waals surface area (Å²) in [4.78, 5) is 30.9. The molecule has 1 N–H and O–H groups in total. The van der Waals surface area contributed by atoms with Gasteiger partial charge in [-0.05, 0) is 55.6 Å². The highest BCUT2D eigenvalue weighted by Gasteiger charge is 2.55. The molecule has 1 atom stereocenters. The standard InChI is InChI=1S/C21H29N3O2/c25-19(14-16-4-2-1-3-5-16)24-12-8-21(9-13-24)15-18(21)23-20(26)17-6-10-22-11-7-17/h6-7,10-11,16,18H,1-5,8-9,12-15H2,(H,23,26). The van der Waals surface area contributed by atoms with Crippen LogP contribution >= 0.6 is 0 Å². The van der Waals surface area contributed by atoms with E-state index in [2.05, 4.69) is 15.2 Å². The number of hydrogen-bond acceptors (Lipinski definition) is 3. The Hall–Kier alpha value is -1.91. The van der Waals surface area contributed by atoms with Crippen LogP contribution in [0.15, 0.2) is 24.5 Å². The van der Waals surface area contributed by atoms with Crippen molar-refractivity contribution in [1.82, 2.24) is 15.2 Å². The Balaban J connectivity index is 1.24. The minimum absolute atomic E-state index is 0.00919. The third-order valence-corrected chi connectivity index (χ3v) is 6.74. The topological polar surface area (TPSA) is 62.3 Å². The van der Waals surface area contributed by atoms with Gasteiger partial charge in [0.1, 0.15) is 0 Å². The number of nitrogens with zero attached hydrogens (tertiary/aromatic N) is 2. The lowest BCUT2D eigenvalue weighted by atomic mass is 9.86. The number of piperidine rings is 1. The number of aromatic nitrogens is 1. The van der Waals surface area contributed by atoms with Crippen LogP contribution in [0.1, 0.15) is 68.1 Å². The van der Waals surface area contributed by atoms with Gasteiger partial charge in [0.25, 0.3) is 5.91 Å². The highest BCUT2D eigenvalue weighted by atomic mass is 16.2. The van der Waals surface area contributed by atoms with E-state index in [1.54, 1.807) is 24.5 Å². The van der Waals surface area contributed by atoms with E-state index in [0.717, 1.165) is 38.8 Å². The molecule has 0 bridgehead atoms. The molecular weight excluding hydrogens is 326 g/mol. The fourth-order valence-electron chi connectivity index (χ4n) is 4.82. The minimum Gasteiger partial charge on any atom is -0.349 e. The lowest BCUT2D eigenvalue weighted by Crippen LogP contribution is -2.42. The summed E-state index contributed by atoms with van der Waals surface area (Å²) < 4.78 is 0. The first kappa shape index (κ1) is 17.5. The van der Waals surface area contributed by atoms with E-state index in [1.807, 2.05) is 0 Å². The molecule has 5 heteroatoms. The third-order valence-electron chi connectivity index (χ3n) is 6.74. The molecule has 2 aliphatic carbocycles. The van der Waals surface area contributed by atoms with Crippen molar-refractivity contribution in [3.63, 3.8) is 0 Å². The van der Waals surface area contributed by atoms with Gasteiger partial charge in [-0.25, -0.2) is 0 Å². The largest absolute Gasteiger partial charge is 0.349 e. The molecule has 0 radical (unpaired) electrons. The first-order valence-electron chi connectivity index (χ1n) is 10.1. The average molecular weight is 355 g/mol. The van der Waals surface area contributed by atoms with Crippen molar-refractivity contribution in [3.05, 3.63) is 30.1 Å². The van der Waals surface area contributed by atoms with Gasteiger partial charge in [-0.15, -0.1) is 0 Å². The van der Waals surface area contributed by atoms with E-state index in [0.29, 0.717) is 17.4 Å². The molecule has 5 nitrogen and oxygen atoms in total. The number of pyridine rings is 1. The SMILES string of the molecule is O=C(NC1CC12CCN(C(=O)CC1CCCCC1)CC2)c1ccncc1. The summed E-state index contributed by atoms with van der Waals surface area (Å²) in [5.74, 6) is 0.954.